The Morgan fingerprint density at radius 2 is 1.68 bits per heavy atom. The molecular weight excluding hydrogens is 619 g/mol. The third-order valence-corrected chi connectivity index (χ3v) is 8.58. The summed E-state index contributed by atoms with van der Waals surface area (Å²) in [5, 5.41) is 0. The maximum atomic E-state index is 14.3. The molecule has 0 saturated carbocycles. The monoisotopic (exact) mass is 650 g/mol. The molecule has 0 unspecified atom stereocenters. The quantitative estimate of drug-likeness (QED) is 0.181. The molecule has 4 aromatic carbocycles. The molecule has 0 radical (unpaired) electrons. The Morgan fingerprint density at radius 3 is 2.36 bits per heavy atom. The van der Waals surface area contributed by atoms with Gasteiger partial charge in [0.1, 0.15) is 24.2 Å². The molecule has 1 aromatic heterocycles. The minimum atomic E-state index is -0.921. The number of esters is 1. The van der Waals surface area contributed by atoms with Gasteiger partial charge in [0, 0.05) is 11.1 Å². The van der Waals surface area contributed by atoms with E-state index in [9.17, 15) is 14.0 Å². The molecule has 8 nitrogen and oxygen atoms in total. The van der Waals surface area contributed by atoms with Crippen molar-refractivity contribution in [2.45, 2.75) is 19.6 Å². The lowest BCUT2D eigenvalue weighted by atomic mass is 9.92. The molecule has 10 heteroatoms. The molecule has 47 heavy (non-hydrogen) atoms. The summed E-state index contributed by atoms with van der Waals surface area (Å²) in [4.78, 5) is 33.3. The molecule has 0 amide bonds. The summed E-state index contributed by atoms with van der Waals surface area (Å²) in [5.41, 5.74) is 3.17. The number of hydrogen-bond donors (Lipinski definition) is 0. The van der Waals surface area contributed by atoms with Crippen LogP contribution in [0.25, 0.3) is 11.8 Å². The van der Waals surface area contributed by atoms with Crippen molar-refractivity contribution >= 4 is 29.1 Å². The first-order valence-corrected chi connectivity index (χ1v) is 15.7. The van der Waals surface area contributed by atoms with Crippen LogP contribution in [-0.2, 0) is 16.1 Å². The Morgan fingerprint density at radius 1 is 0.936 bits per heavy atom. The van der Waals surface area contributed by atoms with Crippen LogP contribution < -0.4 is 29.1 Å². The van der Waals surface area contributed by atoms with E-state index in [0.717, 1.165) is 11.1 Å². The average Bonchev–Trinajstić information content (AvgIpc) is 3.41. The normalized spacial score (nSPS) is 14.3. The minimum absolute atomic E-state index is 0.139. The zero-order valence-corrected chi connectivity index (χ0v) is 26.8. The van der Waals surface area contributed by atoms with E-state index in [4.69, 9.17) is 23.9 Å². The molecule has 1 aliphatic rings. The Labute approximate surface area is 274 Å². The molecule has 0 aliphatic carbocycles. The second-order valence-corrected chi connectivity index (χ2v) is 11.5. The smallest absolute Gasteiger partial charge is 0.338 e. The molecule has 238 valence electrons. The standard InChI is InChI=1S/C37H31FN2O6S/c1-4-45-36(42)31-32(25-9-6-5-7-10-25)39-37-40(33(31)28-11-8-12-29(43-2)34(28)44-3)35(41)30(47-37)21-23-15-19-27(20-16-23)46-22-24-13-17-26(38)18-14-24/h5-21,33H,4,22H2,1-3H3/b30-21-/t33-/m1/s1. The van der Waals surface area contributed by atoms with Crippen LogP contribution in [0.15, 0.2) is 112 Å². The first-order valence-electron chi connectivity index (χ1n) is 14.9. The summed E-state index contributed by atoms with van der Waals surface area (Å²) in [6, 6.07) is 27.2. The SMILES string of the molecule is CCOC(=O)C1=C(c2ccccc2)N=c2s/c(=C\c3ccc(OCc4ccc(F)cc4)cc3)c(=O)n2[C@@H]1c1cccc(OC)c1OC. The number of carbonyl (C=O) groups is 1. The fourth-order valence-electron chi connectivity index (χ4n) is 5.42. The van der Waals surface area contributed by atoms with E-state index in [1.807, 2.05) is 54.6 Å². The highest BCUT2D eigenvalue weighted by Gasteiger charge is 2.37. The fourth-order valence-corrected chi connectivity index (χ4v) is 6.42. The largest absolute Gasteiger partial charge is 0.493 e. The number of nitrogens with zero attached hydrogens (tertiary/aromatic N) is 2. The number of para-hydroxylation sites is 1. The molecule has 0 fully saturated rings. The number of ether oxygens (including phenoxy) is 4. The van der Waals surface area contributed by atoms with Gasteiger partial charge in [-0.1, -0.05) is 78.1 Å². The Hall–Kier alpha value is -5.48. The molecule has 0 N–H and O–H groups in total. The predicted molar refractivity (Wildman–Crippen MR) is 178 cm³/mol. The van der Waals surface area contributed by atoms with Crippen LogP contribution >= 0.6 is 11.3 Å². The van der Waals surface area contributed by atoms with Gasteiger partial charge < -0.3 is 18.9 Å². The number of fused-ring (bicyclic) bond motifs is 1. The topological polar surface area (TPSA) is 88.4 Å². The Kier molecular flexibility index (Phi) is 9.30. The summed E-state index contributed by atoms with van der Waals surface area (Å²) in [5.74, 6) is 0.586. The number of aromatic nitrogens is 1. The van der Waals surface area contributed by atoms with Crippen molar-refractivity contribution < 1.29 is 28.1 Å². The van der Waals surface area contributed by atoms with Gasteiger partial charge in [-0.15, -0.1) is 0 Å². The lowest BCUT2D eigenvalue weighted by Crippen LogP contribution is -2.40. The maximum absolute atomic E-state index is 14.3. The van der Waals surface area contributed by atoms with Crippen molar-refractivity contribution in [3.8, 4) is 17.2 Å². The minimum Gasteiger partial charge on any atom is -0.493 e. The van der Waals surface area contributed by atoms with E-state index >= 15 is 0 Å². The zero-order chi connectivity index (χ0) is 32.9. The van der Waals surface area contributed by atoms with E-state index in [2.05, 4.69) is 0 Å². The number of rotatable bonds is 10. The van der Waals surface area contributed by atoms with Gasteiger partial charge in [0.15, 0.2) is 16.3 Å². The number of methoxy groups -OCH3 is 2. The lowest BCUT2D eigenvalue weighted by molar-refractivity contribution is -0.138. The third-order valence-electron chi connectivity index (χ3n) is 7.60. The van der Waals surface area contributed by atoms with E-state index < -0.39 is 12.0 Å². The highest BCUT2D eigenvalue weighted by molar-refractivity contribution is 7.07. The number of hydrogen-bond acceptors (Lipinski definition) is 8. The number of thiazole rings is 1. The van der Waals surface area contributed by atoms with E-state index in [-0.39, 0.29) is 23.6 Å². The second kappa shape index (κ2) is 13.9. The third kappa shape index (κ3) is 6.45. The molecule has 1 aliphatic heterocycles. The van der Waals surface area contributed by atoms with Gasteiger partial charge >= 0.3 is 5.97 Å². The highest BCUT2D eigenvalue weighted by Crippen LogP contribution is 2.42. The van der Waals surface area contributed by atoms with Gasteiger partial charge in [0.05, 0.1) is 36.6 Å². The van der Waals surface area contributed by atoms with Crippen LogP contribution in [0.4, 0.5) is 4.39 Å². The average molecular weight is 651 g/mol. The molecule has 2 heterocycles. The molecule has 0 spiro atoms. The van der Waals surface area contributed by atoms with Crippen molar-refractivity contribution in [2.75, 3.05) is 20.8 Å². The van der Waals surface area contributed by atoms with Crippen LogP contribution in [0, 0.1) is 5.82 Å². The van der Waals surface area contributed by atoms with Crippen LogP contribution in [0.2, 0.25) is 0 Å². The van der Waals surface area contributed by atoms with Crippen molar-refractivity contribution in [3.05, 3.63) is 150 Å². The summed E-state index contributed by atoms with van der Waals surface area (Å²) < 4.78 is 38.0. The van der Waals surface area contributed by atoms with Crippen molar-refractivity contribution in [2.24, 2.45) is 4.99 Å². The van der Waals surface area contributed by atoms with E-state index in [1.54, 1.807) is 43.3 Å². The molecular formula is C37H31FN2O6S. The number of carbonyl (C=O) groups excluding carboxylic acids is 1. The van der Waals surface area contributed by atoms with Crippen molar-refractivity contribution in [1.29, 1.82) is 0 Å². The van der Waals surface area contributed by atoms with Gasteiger partial charge in [-0.3, -0.25) is 9.36 Å². The second-order valence-electron chi connectivity index (χ2n) is 10.5. The summed E-state index contributed by atoms with van der Waals surface area (Å²) >= 11 is 1.23. The van der Waals surface area contributed by atoms with Gasteiger partial charge in [-0.05, 0) is 54.5 Å². The first kappa shape index (κ1) is 31.5. The molecule has 1 atom stereocenters. The van der Waals surface area contributed by atoms with Crippen LogP contribution in [0.1, 0.15) is 35.2 Å². The van der Waals surface area contributed by atoms with E-state index in [1.165, 1.54) is 42.3 Å². The van der Waals surface area contributed by atoms with Crippen LogP contribution in [0.5, 0.6) is 17.2 Å². The molecule has 6 rings (SSSR count). The summed E-state index contributed by atoms with van der Waals surface area (Å²) in [6.45, 7) is 2.16. The molecule has 5 aromatic rings. The Bertz CT molecular complexity index is 2120. The molecule has 0 saturated heterocycles. The maximum Gasteiger partial charge on any atom is 0.338 e. The van der Waals surface area contributed by atoms with Crippen LogP contribution in [-0.4, -0.2) is 31.4 Å². The van der Waals surface area contributed by atoms with Crippen LogP contribution in [0.3, 0.4) is 0 Å². The van der Waals surface area contributed by atoms with Crippen molar-refractivity contribution in [1.82, 2.24) is 4.57 Å². The lowest BCUT2D eigenvalue weighted by Gasteiger charge is -2.27. The highest BCUT2D eigenvalue weighted by atomic mass is 32.1. The number of halogens is 1. The number of benzene rings is 4. The van der Waals surface area contributed by atoms with Gasteiger partial charge in [0.25, 0.3) is 5.56 Å². The Balaban J connectivity index is 1.48. The molecule has 0 bridgehead atoms. The fraction of sp³-hybridized carbons (Fsp3) is 0.162. The first-order chi connectivity index (χ1) is 22.9. The van der Waals surface area contributed by atoms with Gasteiger partial charge in [0.2, 0.25) is 0 Å². The van der Waals surface area contributed by atoms with Gasteiger partial charge in [-0.2, -0.15) is 0 Å². The van der Waals surface area contributed by atoms with Crippen molar-refractivity contribution in [3.63, 3.8) is 0 Å². The summed E-state index contributed by atoms with van der Waals surface area (Å²) in [7, 11) is 3.05. The van der Waals surface area contributed by atoms with Gasteiger partial charge in [-0.25, -0.2) is 14.2 Å². The van der Waals surface area contributed by atoms with E-state index in [0.29, 0.717) is 50.0 Å². The summed E-state index contributed by atoms with van der Waals surface area (Å²) in [6.07, 6.45) is 1.78. The predicted octanol–water partition coefficient (Wildman–Crippen LogP) is 5.67. The zero-order valence-electron chi connectivity index (χ0n) is 25.9.